The molecule has 0 bridgehead atoms. The Kier molecular flexibility index (Phi) is 2.96. The van der Waals surface area contributed by atoms with E-state index in [9.17, 15) is 5.11 Å². The van der Waals surface area contributed by atoms with E-state index in [4.69, 9.17) is 5.73 Å². The van der Waals surface area contributed by atoms with Gasteiger partial charge in [-0.15, -0.1) is 6.58 Å². The maximum absolute atomic E-state index is 9.74. The normalized spacial score (nSPS) is 14.8. The topological polar surface area (TPSA) is 46.2 Å². The van der Waals surface area contributed by atoms with Crippen molar-refractivity contribution in [2.24, 2.45) is 5.73 Å². The summed E-state index contributed by atoms with van der Waals surface area (Å²) in [5.74, 6) is 0.261. The zero-order valence-electron chi connectivity index (χ0n) is 8.75. The maximum Gasteiger partial charge on any atom is 0.120 e. The molecule has 0 radical (unpaired) electrons. The lowest BCUT2D eigenvalue weighted by Gasteiger charge is -2.24. The Labute approximate surface area is 85.1 Å². The molecule has 1 rings (SSSR count). The number of nitrogens with two attached hydrogens (primary N) is 1. The number of aromatic hydroxyl groups is 1. The van der Waals surface area contributed by atoms with E-state index in [1.165, 1.54) is 0 Å². The van der Waals surface area contributed by atoms with Crippen molar-refractivity contribution in [1.29, 1.82) is 0 Å². The molecule has 0 aliphatic heterocycles. The van der Waals surface area contributed by atoms with Gasteiger partial charge >= 0.3 is 0 Å². The lowest BCUT2D eigenvalue weighted by Crippen LogP contribution is -2.32. The number of benzene rings is 1. The van der Waals surface area contributed by atoms with Gasteiger partial charge < -0.3 is 10.8 Å². The van der Waals surface area contributed by atoms with E-state index < -0.39 is 5.54 Å². The van der Waals surface area contributed by atoms with Crippen molar-refractivity contribution in [3.05, 3.63) is 42.0 Å². The van der Waals surface area contributed by atoms with E-state index in [-0.39, 0.29) is 5.75 Å². The van der Waals surface area contributed by atoms with Crippen LogP contribution in [0.1, 0.15) is 24.5 Å². The average molecular weight is 191 g/mol. The summed E-state index contributed by atoms with van der Waals surface area (Å²) in [4.78, 5) is 0. The lowest BCUT2D eigenvalue weighted by molar-refractivity contribution is 0.426. The van der Waals surface area contributed by atoms with Crippen LogP contribution in [0.4, 0.5) is 0 Å². The number of hydrogen-bond acceptors (Lipinski definition) is 2. The first-order valence-corrected chi connectivity index (χ1v) is 4.67. The van der Waals surface area contributed by atoms with Crippen molar-refractivity contribution in [2.75, 3.05) is 0 Å². The molecule has 76 valence electrons. The average Bonchev–Trinajstić information content (AvgIpc) is 2.02. The molecule has 14 heavy (non-hydrogen) atoms. The number of phenols is 1. The highest BCUT2D eigenvalue weighted by molar-refractivity contribution is 5.40. The summed E-state index contributed by atoms with van der Waals surface area (Å²) < 4.78 is 0. The summed E-state index contributed by atoms with van der Waals surface area (Å²) in [6, 6.07) is 5.54. The predicted octanol–water partition coefficient (Wildman–Crippen LogP) is 2.45. The highest BCUT2D eigenvalue weighted by Gasteiger charge is 2.22. The molecule has 0 aliphatic carbocycles. The fourth-order valence-corrected chi connectivity index (χ4v) is 1.53. The third-order valence-electron chi connectivity index (χ3n) is 2.34. The predicted molar refractivity (Wildman–Crippen MR) is 59.2 cm³/mol. The van der Waals surface area contributed by atoms with Crippen LogP contribution in [-0.4, -0.2) is 5.11 Å². The van der Waals surface area contributed by atoms with E-state index in [2.05, 4.69) is 6.58 Å². The minimum atomic E-state index is -0.542. The third kappa shape index (κ3) is 2.15. The second-order valence-corrected chi connectivity index (χ2v) is 3.93. The van der Waals surface area contributed by atoms with Crippen molar-refractivity contribution < 1.29 is 5.11 Å². The van der Waals surface area contributed by atoms with Gasteiger partial charge in [0.25, 0.3) is 0 Å². The highest BCUT2D eigenvalue weighted by Crippen LogP contribution is 2.30. The second-order valence-electron chi connectivity index (χ2n) is 3.93. The van der Waals surface area contributed by atoms with Crippen molar-refractivity contribution in [1.82, 2.24) is 0 Å². The minimum absolute atomic E-state index is 0.261. The number of rotatable bonds is 3. The van der Waals surface area contributed by atoms with Crippen molar-refractivity contribution >= 4 is 0 Å². The molecule has 2 nitrogen and oxygen atoms in total. The van der Waals surface area contributed by atoms with Gasteiger partial charge in [-0.05, 0) is 31.9 Å². The monoisotopic (exact) mass is 191 g/mol. The van der Waals surface area contributed by atoms with Crippen molar-refractivity contribution in [2.45, 2.75) is 25.8 Å². The summed E-state index contributed by atoms with van der Waals surface area (Å²) in [7, 11) is 0. The van der Waals surface area contributed by atoms with E-state index in [0.717, 1.165) is 11.1 Å². The fraction of sp³-hybridized carbons (Fsp3) is 0.333. The first-order chi connectivity index (χ1) is 6.47. The van der Waals surface area contributed by atoms with Crippen LogP contribution in [-0.2, 0) is 5.54 Å². The van der Waals surface area contributed by atoms with Gasteiger partial charge in [-0.25, -0.2) is 0 Å². The maximum atomic E-state index is 9.74. The second kappa shape index (κ2) is 3.84. The van der Waals surface area contributed by atoms with Crippen LogP contribution in [0.15, 0.2) is 30.9 Å². The lowest BCUT2D eigenvalue weighted by atomic mass is 9.88. The van der Waals surface area contributed by atoms with E-state index in [0.29, 0.717) is 6.42 Å². The van der Waals surface area contributed by atoms with Crippen LogP contribution < -0.4 is 5.73 Å². The summed E-state index contributed by atoms with van der Waals surface area (Å²) in [6.07, 6.45) is 2.41. The van der Waals surface area contributed by atoms with Gasteiger partial charge in [0.2, 0.25) is 0 Å². The van der Waals surface area contributed by atoms with Gasteiger partial charge in [0.05, 0.1) is 0 Å². The SMILES string of the molecule is C=CC[C@](C)(N)c1ccc(C)cc1O. The van der Waals surface area contributed by atoms with Gasteiger partial charge in [0.15, 0.2) is 0 Å². The molecule has 1 aromatic carbocycles. The number of phenolic OH excluding ortho intramolecular Hbond substituents is 1. The molecule has 2 heteroatoms. The van der Waals surface area contributed by atoms with E-state index in [1.807, 2.05) is 26.0 Å². The standard InChI is InChI=1S/C12H17NO/c1-4-7-12(3,13)10-6-5-9(2)8-11(10)14/h4-6,8,14H,1,7,13H2,2-3H3/t12-/m0/s1. The molecule has 0 spiro atoms. The van der Waals surface area contributed by atoms with E-state index >= 15 is 0 Å². The summed E-state index contributed by atoms with van der Waals surface area (Å²) >= 11 is 0. The molecule has 0 saturated carbocycles. The van der Waals surface area contributed by atoms with Gasteiger partial charge in [-0.3, -0.25) is 0 Å². The molecule has 0 amide bonds. The van der Waals surface area contributed by atoms with Crippen LogP contribution in [0.5, 0.6) is 5.75 Å². The van der Waals surface area contributed by atoms with Crippen LogP contribution >= 0.6 is 0 Å². The Hall–Kier alpha value is -1.28. The molecular weight excluding hydrogens is 174 g/mol. The molecule has 0 fully saturated rings. The van der Waals surface area contributed by atoms with Crippen LogP contribution in [0.25, 0.3) is 0 Å². The molecule has 0 aromatic heterocycles. The summed E-state index contributed by atoms with van der Waals surface area (Å²) in [5.41, 5.74) is 7.32. The Morgan fingerprint density at radius 3 is 2.71 bits per heavy atom. The van der Waals surface area contributed by atoms with E-state index in [1.54, 1.807) is 12.1 Å². The third-order valence-corrected chi connectivity index (χ3v) is 2.34. The summed E-state index contributed by atoms with van der Waals surface area (Å²) in [6.45, 7) is 7.48. The molecule has 0 unspecified atom stereocenters. The summed E-state index contributed by atoms with van der Waals surface area (Å²) in [5, 5.41) is 9.74. The Bertz CT molecular complexity index is 342. The zero-order valence-corrected chi connectivity index (χ0v) is 8.75. The fourth-order valence-electron chi connectivity index (χ4n) is 1.53. The van der Waals surface area contributed by atoms with Crippen LogP contribution in [0.2, 0.25) is 0 Å². The molecule has 0 aliphatic rings. The van der Waals surface area contributed by atoms with Gasteiger partial charge in [-0.2, -0.15) is 0 Å². The first-order valence-electron chi connectivity index (χ1n) is 4.67. The Morgan fingerprint density at radius 1 is 1.57 bits per heavy atom. The quantitative estimate of drug-likeness (QED) is 0.721. The van der Waals surface area contributed by atoms with Gasteiger partial charge in [-0.1, -0.05) is 18.2 Å². The highest BCUT2D eigenvalue weighted by atomic mass is 16.3. The Balaban J connectivity index is 3.12. The smallest absolute Gasteiger partial charge is 0.120 e. The first kappa shape index (κ1) is 10.8. The molecule has 0 saturated heterocycles. The van der Waals surface area contributed by atoms with Gasteiger partial charge in [0.1, 0.15) is 5.75 Å². The van der Waals surface area contributed by atoms with Crippen LogP contribution in [0, 0.1) is 6.92 Å². The Morgan fingerprint density at radius 2 is 2.21 bits per heavy atom. The minimum Gasteiger partial charge on any atom is -0.508 e. The molecule has 1 atom stereocenters. The van der Waals surface area contributed by atoms with Gasteiger partial charge in [0, 0.05) is 11.1 Å². The van der Waals surface area contributed by atoms with Crippen LogP contribution in [0.3, 0.4) is 0 Å². The number of hydrogen-bond donors (Lipinski definition) is 2. The van der Waals surface area contributed by atoms with Crippen molar-refractivity contribution in [3.63, 3.8) is 0 Å². The molecular formula is C12H17NO. The molecule has 3 N–H and O–H groups in total. The molecule has 0 heterocycles. The largest absolute Gasteiger partial charge is 0.508 e. The van der Waals surface area contributed by atoms with Crippen molar-refractivity contribution in [3.8, 4) is 5.75 Å². The zero-order chi connectivity index (χ0) is 10.8. The number of aryl methyl sites for hydroxylation is 1. The molecule has 1 aromatic rings.